The zero-order chi connectivity index (χ0) is 9.19. The molecule has 0 amide bonds. The Kier molecular flexibility index (Phi) is 2.44. The van der Waals surface area contributed by atoms with Gasteiger partial charge in [0.1, 0.15) is 11.7 Å². The largest absolute Gasteiger partial charge is 0.317 e. The van der Waals surface area contributed by atoms with E-state index in [9.17, 15) is 12.8 Å². The van der Waals surface area contributed by atoms with Crippen LogP contribution in [0.1, 0.15) is 0 Å². The number of halogens is 1. The lowest BCUT2D eigenvalue weighted by molar-refractivity contribution is 0.595. The van der Waals surface area contributed by atoms with Gasteiger partial charge in [0.15, 0.2) is 9.84 Å². The summed E-state index contributed by atoms with van der Waals surface area (Å²) in [5, 5.41) is 0. The molecular formula is C7H8FNO2S. The molecule has 12 heavy (non-hydrogen) atoms. The lowest BCUT2D eigenvalue weighted by Crippen LogP contribution is -2.14. The Balaban J connectivity index is 3.14. The van der Waals surface area contributed by atoms with E-state index >= 15 is 0 Å². The van der Waals surface area contributed by atoms with Gasteiger partial charge in [0, 0.05) is 0 Å². The van der Waals surface area contributed by atoms with E-state index in [4.69, 9.17) is 5.73 Å². The van der Waals surface area contributed by atoms with Crippen LogP contribution >= 0.6 is 0 Å². The Morgan fingerprint density at radius 1 is 1.25 bits per heavy atom. The first-order valence-corrected chi connectivity index (χ1v) is 4.90. The molecule has 0 aliphatic carbocycles. The highest BCUT2D eigenvalue weighted by atomic mass is 32.2. The second kappa shape index (κ2) is 3.20. The molecule has 0 spiro atoms. The number of sulfone groups is 1. The quantitative estimate of drug-likeness (QED) is 0.690. The fraction of sp³-hybridized carbons (Fsp3) is 0.143. The van der Waals surface area contributed by atoms with E-state index in [0.29, 0.717) is 0 Å². The van der Waals surface area contributed by atoms with Crippen LogP contribution in [0.2, 0.25) is 0 Å². The maximum Gasteiger partial charge on any atom is 0.191 e. The summed E-state index contributed by atoms with van der Waals surface area (Å²) in [6.45, 7) is 0. The van der Waals surface area contributed by atoms with Gasteiger partial charge >= 0.3 is 0 Å². The van der Waals surface area contributed by atoms with E-state index in [1.807, 2.05) is 0 Å². The summed E-state index contributed by atoms with van der Waals surface area (Å²) in [5.41, 5.74) is 4.99. The van der Waals surface area contributed by atoms with Gasteiger partial charge in [-0.2, -0.15) is 0 Å². The van der Waals surface area contributed by atoms with Crippen LogP contribution in [0.3, 0.4) is 0 Å². The highest BCUT2D eigenvalue weighted by Gasteiger charge is 2.10. The minimum atomic E-state index is -3.40. The SMILES string of the molecule is NCS(=O)(=O)c1ccc(F)cc1. The summed E-state index contributed by atoms with van der Waals surface area (Å²) in [5.74, 6) is -0.926. The number of hydrogen-bond donors (Lipinski definition) is 1. The van der Waals surface area contributed by atoms with Crippen molar-refractivity contribution in [3.8, 4) is 0 Å². The third-order valence-corrected chi connectivity index (χ3v) is 2.82. The van der Waals surface area contributed by atoms with Gasteiger partial charge < -0.3 is 5.73 Å². The summed E-state index contributed by atoms with van der Waals surface area (Å²) in [4.78, 5) is 0.0476. The molecule has 0 aliphatic rings. The van der Waals surface area contributed by atoms with E-state index in [1.165, 1.54) is 12.1 Å². The average Bonchev–Trinajstić information content (AvgIpc) is 2.05. The highest BCUT2D eigenvalue weighted by molar-refractivity contribution is 7.91. The standard InChI is InChI=1S/C7H8FNO2S/c8-6-1-3-7(4-2-6)12(10,11)5-9/h1-4H,5,9H2. The molecule has 3 nitrogen and oxygen atoms in total. The fourth-order valence-corrected chi connectivity index (χ4v) is 1.48. The van der Waals surface area contributed by atoms with Crippen LogP contribution in [-0.2, 0) is 9.84 Å². The van der Waals surface area contributed by atoms with Crippen molar-refractivity contribution in [2.24, 2.45) is 5.73 Å². The van der Waals surface area contributed by atoms with E-state index in [1.54, 1.807) is 0 Å². The predicted molar refractivity (Wildman–Crippen MR) is 42.6 cm³/mol. The second-order valence-corrected chi connectivity index (χ2v) is 4.27. The van der Waals surface area contributed by atoms with E-state index in [0.717, 1.165) is 12.1 Å². The van der Waals surface area contributed by atoms with Gasteiger partial charge in [-0.3, -0.25) is 0 Å². The van der Waals surface area contributed by atoms with Crippen molar-refractivity contribution in [2.75, 3.05) is 5.88 Å². The molecule has 0 heterocycles. The van der Waals surface area contributed by atoms with Crippen molar-refractivity contribution < 1.29 is 12.8 Å². The Labute approximate surface area is 69.9 Å². The third kappa shape index (κ3) is 1.80. The first kappa shape index (κ1) is 9.15. The van der Waals surface area contributed by atoms with Crippen LogP contribution in [0.5, 0.6) is 0 Å². The van der Waals surface area contributed by atoms with Crippen molar-refractivity contribution in [1.82, 2.24) is 0 Å². The molecule has 0 radical (unpaired) electrons. The molecule has 0 bridgehead atoms. The van der Waals surface area contributed by atoms with E-state index < -0.39 is 21.5 Å². The summed E-state index contributed by atoms with van der Waals surface area (Å²) in [6.07, 6.45) is 0. The molecule has 1 rings (SSSR count). The lowest BCUT2D eigenvalue weighted by Gasteiger charge is -1.99. The fourth-order valence-electron chi connectivity index (χ4n) is 0.738. The zero-order valence-corrected chi connectivity index (χ0v) is 7.01. The smallest absolute Gasteiger partial charge is 0.191 e. The minimum absolute atomic E-state index is 0.0476. The molecule has 1 aromatic carbocycles. The van der Waals surface area contributed by atoms with Gasteiger partial charge in [0.25, 0.3) is 0 Å². The van der Waals surface area contributed by atoms with E-state index in [2.05, 4.69) is 0 Å². The summed E-state index contributed by atoms with van der Waals surface area (Å²) >= 11 is 0. The van der Waals surface area contributed by atoms with Crippen molar-refractivity contribution in [2.45, 2.75) is 4.90 Å². The minimum Gasteiger partial charge on any atom is -0.317 e. The highest BCUT2D eigenvalue weighted by Crippen LogP contribution is 2.09. The van der Waals surface area contributed by atoms with Gasteiger partial charge in [-0.25, -0.2) is 12.8 Å². The van der Waals surface area contributed by atoms with Crippen LogP contribution < -0.4 is 5.73 Å². The van der Waals surface area contributed by atoms with Crippen molar-refractivity contribution in [1.29, 1.82) is 0 Å². The summed E-state index contributed by atoms with van der Waals surface area (Å²) in [6, 6.07) is 4.56. The Morgan fingerprint density at radius 3 is 2.17 bits per heavy atom. The molecule has 0 aromatic heterocycles. The molecular weight excluding hydrogens is 181 g/mol. The van der Waals surface area contributed by atoms with Crippen LogP contribution in [0.15, 0.2) is 29.2 Å². The first-order valence-electron chi connectivity index (χ1n) is 3.24. The number of benzene rings is 1. The Morgan fingerprint density at radius 2 is 1.75 bits per heavy atom. The van der Waals surface area contributed by atoms with Crippen LogP contribution in [0.4, 0.5) is 4.39 Å². The molecule has 66 valence electrons. The molecule has 2 N–H and O–H groups in total. The third-order valence-electron chi connectivity index (χ3n) is 1.39. The molecule has 0 saturated heterocycles. The molecule has 0 unspecified atom stereocenters. The maximum absolute atomic E-state index is 12.4. The summed E-state index contributed by atoms with van der Waals surface area (Å²) < 4.78 is 34.5. The molecule has 1 aromatic rings. The second-order valence-electron chi connectivity index (χ2n) is 2.24. The van der Waals surface area contributed by atoms with Gasteiger partial charge in [-0.1, -0.05) is 0 Å². The van der Waals surface area contributed by atoms with Crippen LogP contribution in [-0.4, -0.2) is 14.3 Å². The van der Waals surface area contributed by atoms with Gasteiger partial charge in [0.2, 0.25) is 0 Å². The van der Waals surface area contributed by atoms with Gasteiger partial charge in [0.05, 0.1) is 4.90 Å². The molecule has 0 fully saturated rings. The normalized spacial score (nSPS) is 11.5. The van der Waals surface area contributed by atoms with Crippen LogP contribution in [0.25, 0.3) is 0 Å². The molecule has 0 saturated carbocycles. The molecule has 0 atom stereocenters. The predicted octanol–water partition coefficient (Wildman–Crippen LogP) is 0.516. The van der Waals surface area contributed by atoms with E-state index in [-0.39, 0.29) is 4.90 Å². The van der Waals surface area contributed by atoms with Gasteiger partial charge in [-0.15, -0.1) is 0 Å². The number of nitrogens with two attached hydrogens (primary N) is 1. The average molecular weight is 189 g/mol. The number of hydrogen-bond acceptors (Lipinski definition) is 3. The summed E-state index contributed by atoms with van der Waals surface area (Å²) in [7, 11) is -3.40. The maximum atomic E-state index is 12.4. The Hall–Kier alpha value is -0.940. The van der Waals surface area contributed by atoms with Crippen molar-refractivity contribution in [3.05, 3.63) is 30.1 Å². The molecule has 5 heteroatoms. The monoisotopic (exact) mass is 189 g/mol. The van der Waals surface area contributed by atoms with Crippen LogP contribution in [0, 0.1) is 5.82 Å². The Bertz CT molecular complexity index is 357. The molecule has 0 aliphatic heterocycles. The topological polar surface area (TPSA) is 60.2 Å². The lowest BCUT2D eigenvalue weighted by atomic mass is 10.4. The van der Waals surface area contributed by atoms with Crippen molar-refractivity contribution >= 4 is 9.84 Å². The van der Waals surface area contributed by atoms with Crippen molar-refractivity contribution in [3.63, 3.8) is 0 Å². The number of rotatable bonds is 2. The van der Waals surface area contributed by atoms with Gasteiger partial charge in [-0.05, 0) is 24.3 Å². The first-order chi connectivity index (χ1) is 5.56. The zero-order valence-electron chi connectivity index (χ0n) is 6.20.